The molecule has 1 heterocycles. The quantitative estimate of drug-likeness (QED) is 0.708. The Hall–Kier alpha value is -2.57. The van der Waals surface area contributed by atoms with Crippen LogP contribution in [0.1, 0.15) is 11.3 Å². The summed E-state index contributed by atoms with van der Waals surface area (Å²) in [6.07, 6.45) is 5.41. The van der Waals surface area contributed by atoms with E-state index in [4.69, 9.17) is 6.42 Å². The third-order valence-corrected chi connectivity index (χ3v) is 3.09. The van der Waals surface area contributed by atoms with Crippen molar-refractivity contribution in [2.45, 2.75) is 6.61 Å². The Balaban J connectivity index is 2.29. The zero-order chi connectivity index (χ0) is 13.2. The molecule has 0 aliphatic rings. The summed E-state index contributed by atoms with van der Waals surface area (Å²) in [5.74, 6) is 2.60. The van der Waals surface area contributed by atoms with Gasteiger partial charge in [0.05, 0.1) is 23.5 Å². The van der Waals surface area contributed by atoms with Crippen LogP contribution in [0.3, 0.4) is 0 Å². The fraction of sp³-hybridized carbons (Fsp3) is 0.0625. The van der Waals surface area contributed by atoms with E-state index in [1.807, 2.05) is 48.5 Å². The number of rotatable bonds is 2. The van der Waals surface area contributed by atoms with Crippen molar-refractivity contribution in [2.24, 2.45) is 0 Å². The van der Waals surface area contributed by atoms with Crippen LogP contribution in [0.15, 0.2) is 48.5 Å². The second kappa shape index (κ2) is 4.60. The average Bonchev–Trinajstić information content (AvgIpc) is 2.85. The van der Waals surface area contributed by atoms with Gasteiger partial charge in [0.2, 0.25) is 0 Å². The van der Waals surface area contributed by atoms with E-state index in [0.29, 0.717) is 0 Å². The number of benzene rings is 2. The number of aliphatic hydroxyl groups is 1. The van der Waals surface area contributed by atoms with Crippen LogP contribution in [0, 0.1) is 12.3 Å². The average molecular weight is 248 g/mol. The molecule has 0 radical (unpaired) electrons. The summed E-state index contributed by atoms with van der Waals surface area (Å²) in [6, 6.07) is 15.3. The van der Waals surface area contributed by atoms with Crippen LogP contribution in [0.25, 0.3) is 16.6 Å². The van der Waals surface area contributed by atoms with Gasteiger partial charge in [-0.15, -0.1) is 6.42 Å². The molecular weight excluding hydrogens is 236 g/mol. The van der Waals surface area contributed by atoms with E-state index in [1.54, 1.807) is 4.68 Å². The first-order valence-corrected chi connectivity index (χ1v) is 5.98. The molecule has 3 aromatic rings. The number of fused-ring (bicyclic) bond motifs is 1. The van der Waals surface area contributed by atoms with Crippen molar-refractivity contribution in [3.05, 3.63) is 59.8 Å². The molecule has 3 nitrogen and oxygen atoms in total. The Morgan fingerprint density at radius 1 is 1.16 bits per heavy atom. The minimum absolute atomic E-state index is 0.0839. The van der Waals surface area contributed by atoms with Crippen LogP contribution >= 0.6 is 0 Å². The highest BCUT2D eigenvalue weighted by molar-refractivity contribution is 5.83. The molecule has 3 heteroatoms. The molecule has 0 bridgehead atoms. The zero-order valence-electron chi connectivity index (χ0n) is 10.2. The van der Waals surface area contributed by atoms with Crippen molar-refractivity contribution in [3.8, 4) is 18.0 Å². The predicted octanol–water partition coefficient (Wildman–Crippen LogP) is 2.50. The maximum atomic E-state index is 9.62. The fourth-order valence-corrected chi connectivity index (χ4v) is 2.16. The monoisotopic (exact) mass is 248 g/mol. The van der Waals surface area contributed by atoms with E-state index >= 15 is 0 Å². The number of para-hydroxylation sites is 1. The third-order valence-electron chi connectivity index (χ3n) is 3.09. The Morgan fingerprint density at radius 2 is 1.95 bits per heavy atom. The van der Waals surface area contributed by atoms with Crippen molar-refractivity contribution in [3.63, 3.8) is 0 Å². The first-order valence-electron chi connectivity index (χ1n) is 5.98. The van der Waals surface area contributed by atoms with Crippen LogP contribution in [0.2, 0.25) is 0 Å². The maximum absolute atomic E-state index is 9.62. The number of aliphatic hydroxyl groups excluding tert-OH is 1. The number of aromatic nitrogens is 2. The first kappa shape index (κ1) is 11.5. The maximum Gasteiger partial charge on any atom is 0.0932 e. The zero-order valence-corrected chi connectivity index (χ0v) is 10.2. The van der Waals surface area contributed by atoms with Crippen molar-refractivity contribution in [1.29, 1.82) is 0 Å². The molecule has 0 amide bonds. The van der Waals surface area contributed by atoms with Crippen molar-refractivity contribution < 1.29 is 5.11 Å². The summed E-state index contributed by atoms with van der Waals surface area (Å²) in [4.78, 5) is 0. The van der Waals surface area contributed by atoms with Gasteiger partial charge in [0.1, 0.15) is 0 Å². The van der Waals surface area contributed by atoms with Crippen LogP contribution in [-0.4, -0.2) is 14.9 Å². The summed E-state index contributed by atoms with van der Waals surface area (Å²) in [5.41, 5.74) is 3.28. The van der Waals surface area contributed by atoms with Crippen molar-refractivity contribution >= 4 is 10.9 Å². The molecule has 3 rings (SSSR count). The highest BCUT2D eigenvalue weighted by Crippen LogP contribution is 2.23. The SMILES string of the molecule is C#Cc1ccc2nn(-c3ccccc3)c(CO)c2c1. The molecule has 0 saturated heterocycles. The number of nitrogens with zero attached hydrogens (tertiary/aromatic N) is 2. The van der Waals surface area contributed by atoms with Crippen molar-refractivity contribution in [1.82, 2.24) is 9.78 Å². The third kappa shape index (κ3) is 1.88. The summed E-state index contributed by atoms with van der Waals surface area (Å²) in [5, 5.41) is 15.0. The molecule has 0 aliphatic heterocycles. The van der Waals surface area contributed by atoms with E-state index in [0.717, 1.165) is 27.8 Å². The summed E-state index contributed by atoms with van der Waals surface area (Å²) >= 11 is 0. The molecular formula is C16H12N2O. The van der Waals surface area contributed by atoms with E-state index < -0.39 is 0 Å². The van der Waals surface area contributed by atoms with E-state index in [2.05, 4.69) is 11.0 Å². The standard InChI is InChI=1S/C16H12N2O/c1-2-12-8-9-15-14(10-12)16(11-19)18(17-15)13-6-4-3-5-7-13/h1,3-10,19H,11H2. The Labute approximate surface area is 111 Å². The van der Waals surface area contributed by atoms with Crippen LogP contribution < -0.4 is 0 Å². The van der Waals surface area contributed by atoms with Gasteiger partial charge in [-0.3, -0.25) is 0 Å². The molecule has 0 unspecified atom stereocenters. The second-order valence-corrected chi connectivity index (χ2v) is 4.23. The minimum Gasteiger partial charge on any atom is -0.390 e. The lowest BCUT2D eigenvalue weighted by Crippen LogP contribution is -2.01. The summed E-state index contributed by atoms with van der Waals surface area (Å²) < 4.78 is 1.75. The van der Waals surface area contributed by atoms with Crippen LogP contribution in [0.5, 0.6) is 0 Å². The molecule has 0 spiro atoms. The number of terminal acetylenes is 1. The minimum atomic E-state index is -0.0839. The Kier molecular flexibility index (Phi) is 2.79. The van der Waals surface area contributed by atoms with E-state index in [1.165, 1.54) is 0 Å². The second-order valence-electron chi connectivity index (χ2n) is 4.23. The fourth-order valence-electron chi connectivity index (χ4n) is 2.16. The normalized spacial score (nSPS) is 10.5. The Morgan fingerprint density at radius 3 is 2.63 bits per heavy atom. The molecule has 0 aliphatic carbocycles. The molecule has 92 valence electrons. The van der Waals surface area contributed by atoms with Crippen LogP contribution in [0.4, 0.5) is 0 Å². The molecule has 0 saturated carbocycles. The summed E-state index contributed by atoms with van der Waals surface area (Å²) in [6.45, 7) is -0.0839. The highest BCUT2D eigenvalue weighted by atomic mass is 16.3. The van der Waals surface area contributed by atoms with Gasteiger partial charge in [0, 0.05) is 10.9 Å². The predicted molar refractivity (Wildman–Crippen MR) is 74.9 cm³/mol. The van der Waals surface area contributed by atoms with Gasteiger partial charge in [-0.25, -0.2) is 4.68 Å². The molecule has 2 aromatic carbocycles. The highest BCUT2D eigenvalue weighted by Gasteiger charge is 2.11. The van der Waals surface area contributed by atoms with Gasteiger partial charge in [-0.1, -0.05) is 24.1 Å². The molecule has 0 fully saturated rings. The number of hydrogen-bond acceptors (Lipinski definition) is 2. The topological polar surface area (TPSA) is 38.0 Å². The summed E-state index contributed by atoms with van der Waals surface area (Å²) in [7, 11) is 0. The van der Waals surface area contributed by atoms with Crippen molar-refractivity contribution in [2.75, 3.05) is 0 Å². The molecule has 1 N–H and O–H groups in total. The lowest BCUT2D eigenvalue weighted by atomic mass is 10.1. The molecule has 19 heavy (non-hydrogen) atoms. The van der Waals surface area contributed by atoms with Gasteiger partial charge in [-0.2, -0.15) is 5.10 Å². The first-order chi connectivity index (χ1) is 9.33. The van der Waals surface area contributed by atoms with Gasteiger partial charge >= 0.3 is 0 Å². The lowest BCUT2D eigenvalue weighted by molar-refractivity contribution is 0.274. The van der Waals surface area contributed by atoms with Gasteiger partial charge in [0.25, 0.3) is 0 Å². The lowest BCUT2D eigenvalue weighted by Gasteiger charge is -2.04. The van der Waals surface area contributed by atoms with E-state index in [9.17, 15) is 5.11 Å². The van der Waals surface area contributed by atoms with Gasteiger partial charge < -0.3 is 5.11 Å². The van der Waals surface area contributed by atoms with Gasteiger partial charge in [-0.05, 0) is 30.3 Å². The molecule has 0 atom stereocenters. The van der Waals surface area contributed by atoms with Crippen LogP contribution in [-0.2, 0) is 6.61 Å². The van der Waals surface area contributed by atoms with Gasteiger partial charge in [0.15, 0.2) is 0 Å². The largest absolute Gasteiger partial charge is 0.390 e. The Bertz CT molecular complexity index is 767. The number of hydrogen-bond donors (Lipinski definition) is 1. The molecule has 1 aromatic heterocycles. The smallest absolute Gasteiger partial charge is 0.0932 e. The van der Waals surface area contributed by atoms with E-state index in [-0.39, 0.29) is 6.61 Å².